The Kier molecular flexibility index (Phi) is 5.97. The number of ether oxygens (including phenoxy) is 1. The van der Waals surface area contributed by atoms with Crippen molar-refractivity contribution in [1.82, 2.24) is 4.90 Å². The van der Waals surface area contributed by atoms with Crippen molar-refractivity contribution in [3.05, 3.63) is 28.7 Å². The van der Waals surface area contributed by atoms with Crippen LogP contribution in [0.25, 0.3) is 0 Å². The lowest BCUT2D eigenvalue weighted by Crippen LogP contribution is -2.50. The van der Waals surface area contributed by atoms with Crippen LogP contribution in [0.5, 0.6) is 5.75 Å². The number of nitrogens with zero attached hydrogens (tertiary/aromatic N) is 1. The number of piperidine rings is 1. The molecule has 3 rings (SSSR count). The Hall–Kier alpha value is -0.610. The van der Waals surface area contributed by atoms with Gasteiger partial charge in [0.1, 0.15) is 18.0 Å². The Labute approximate surface area is 147 Å². The van der Waals surface area contributed by atoms with Crippen molar-refractivity contribution in [3.63, 3.8) is 0 Å². The maximum absolute atomic E-state index is 15.1. The third kappa shape index (κ3) is 4.93. The lowest BCUT2D eigenvalue weighted by atomic mass is 9.85. The topological polar surface area (TPSA) is 12.5 Å². The first-order valence-corrected chi connectivity index (χ1v) is 9.75. The minimum atomic E-state index is -0.967. The predicted octanol–water partition coefficient (Wildman–Crippen LogP) is 5.35. The van der Waals surface area contributed by atoms with Crippen LogP contribution < -0.4 is 4.74 Å². The summed E-state index contributed by atoms with van der Waals surface area (Å²) in [7, 11) is 0. The summed E-state index contributed by atoms with van der Waals surface area (Å²) in [4.78, 5) is 2.35. The predicted molar refractivity (Wildman–Crippen MR) is 95.8 cm³/mol. The van der Waals surface area contributed by atoms with Gasteiger partial charge in [-0.25, -0.2) is 4.39 Å². The summed E-state index contributed by atoms with van der Waals surface area (Å²) in [5.41, 5.74) is -0.967. The highest BCUT2D eigenvalue weighted by molar-refractivity contribution is 9.10. The van der Waals surface area contributed by atoms with Gasteiger partial charge in [-0.1, -0.05) is 41.6 Å². The van der Waals surface area contributed by atoms with E-state index < -0.39 is 5.67 Å². The molecule has 1 atom stereocenters. The van der Waals surface area contributed by atoms with Crippen LogP contribution in [0.4, 0.5) is 4.39 Å². The fraction of sp³-hybridized carbons (Fsp3) is 0.684. The zero-order valence-corrected chi connectivity index (χ0v) is 15.4. The smallest absolute Gasteiger partial charge is 0.123 e. The van der Waals surface area contributed by atoms with Gasteiger partial charge in [-0.05, 0) is 56.5 Å². The van der Waals surface area contributed by atoms with Gasteiger partial charge in [0.2, 0.25) is 0 Å². The Morgan fingerprint density at radius 3 is 2.57 bits per heavy atom. The highest BCUT2D eigenvalue weighted by atomic mass is 79.9. The second-order valence-electron chi connectivity index (χ2n) is 7.10. The molecule has 0 bridgehead atoms. The van der Waals surface area contributed by atoms with Crippen molar-refractivity contribution >= 4 is 15.9 Å². The molecular weight excluding hydrogens is 357 g/mol. The van der Waals surface area contributed by atoms with E-state index >= 15 is 4.39 Å². The van der Waals surface area contributed by atoms with Crippen molar-refractivity contribution in [2.24, 2.45) is 0 Å². The van der Waals surface area contributed by atoms with Crippen LogP contribution in [-0.4, -0.2) is 36.3 Å². The van der Waals surface area contributed by atoms with Crippen molar-refractivity contribution in [1.29, 1.82) is 0 Å². The third-order valence-electron chi connectivity index (χ3n) is 5.24. The van der Waals surface area contributed by atoms with Crippen molar-refractivity contribution in [3.8, 4) is 5.75 Å². The Morgan fingerprint density at radius 1 is 1.09 bits per heavy atom. The summed E-state index contributed by atoms with van der Waals surface area (Å²) < 4.78 is 22.1. The largest absolute Gasteiger partial charge is 0.492 e. The summed E-state index contributed by atoms with van der Waals surface area (Å²) in [5, 5.41) is 0. The molecular formula is C19H27BrFNO. The van der Waals surface area contributed by atoms with Gasteiger partial charge in [0.05, 0.1) is 0 Å². The highest BCUT2D eigenvalue weighted by Crippen LogP contribution is 2.34. The molecule has 0 spiro atoms. The number of hydrogen-bond donors (Lipinski definition) is 0. The molecule has 1 saturated carbocycles. The number of rotatable bonds is 5. The first-order valence-electron chi connectivity index (χ1n) is 8.96. The monoisotopic (exact) mass is 383 g/mol. The summed E-state index contributed by atoms with van der Waals surface area (Å²) in [6, 6.07) is 8.30. The van der Waals surface area contributed by atoms with E-state index in [1.165, 1.54) is 19.3 Å². The molecule has 1 aromatic rings. The number of benzene rings is 1. The summed E-state index contributed by atoms with van der Waals surface area (Å²) in [6.07, 6.45) is 8.30. The third-order valence-corrected chi connectivity index (χ3v) is 5.77. The fourth-order valence-electron chi connectivity index (χ4n) is 3.89. The van der Waals surface area contributed by atoms with Crippen LogP contribution in [0.15, 0.2) is 28.7 Å². The number of alkyl halides is 1. The molecule has 0 N–H and O–H groups in total. The Bertz CT molecular complexity index is 487. The van der Waals surface area contributed by atoms with Gasteiger partial charge in [0.25, 0.3) is 0 Å². The second kappa shape index (κ2) is 7.98. The minimum absolute atomic E-state index is 0.349. The van der Waals surface area contributed by atoms with Crippen LogP contribution >= 0.6 is 15.9 Å². The molecule has 128 valence electrons. The molecule has 1 heterocycles. The first kappa shape index (κ1) is 17.2. The Morgan fingerprint density at radius 2 is 1.83 bits per heavy atom. The van der Waals surface area contributed by atoms with Gasteiger partial charge in [-0.3, -0.25) is 4.90 Å². The molecule has 1 saturated heterocycles. The Balaban J connectivity index is 1.56. The molecule has 1 unspecified atom stereocenters. The van der Waals surface area contributed by atoms with E-state index in [1.807, 2.05) is 24.3 Å². The quantitative estimate of drug-likeness (QED) is 0.678. The van der Waals surface area contributed by atoms with Gasteiger partial charge >= 0.3 is 0 Å². The van der Waals surface area contributed by atoms with E-state index in [2.05, 4.69) is 20.8 Å². The van der Waals surface area contributed by atoms with E-state index in [4.69, 9.17) is 4.74 Å². The summed E-state index contributed by atoms with van der Waals surface area (Å²) >= 11 is 3.44. The van der Waals surface area contributed by atoms with Gasteiger partial charge in [0.15, 0.2) is 0 Å². The minimum Gasteiger partial charge on any atom is -0.492 e. The highest BCUT2D eigenvalue weighted by Gasteiger charge is 2.36. The lowest BCUT2D eigenvalue weighted by Gasteiger charge is -2.41. The molecule has 1 aromatic carbocycles. The average Bonchev–Trinajstić information content (AvgIpc) is 2.56. The molecule has 1 aliphatic carbocycles. The molecule has 4 heteroatoms. The van der Waals surface area contributed by atoms with Gasteiger partial charge in [0, 0.05) is 17.1 Å². The normalized spacial score (nSPS) is 25.2. The van der Waals surface area contributed by atoms with Crippen molar-refractivity contribution in [2.45, 2.75) is 63.1 Å². The zero-order chi connectivity index (χ0) is 16.1. The summed E-state index contributed by atoms with van der Waals surface area (Å²) in [6.45, 7) is 2.28. The van der Waals surface area contributed by atoms with E-state index in [0.29, 0.717) is 19.2 Å². The van der Waals surface area contributed by atoms with E-state index in [1.54, 1.807) is 0 Å². The number of likely N-dealkylation sites (tertiary alicyclic amines) is 1. The van der Waals surface area contributed by atoms with Gasteiger partial charge in [-0.15, -0.1) is 0 Å². The molecule has 23 heavy (non-hydrogen) atoms. The standard InChI is InChI=1S/C19H27BrFNO/c20-16-7-9-18(10-8-16)23-14-17-6-2-5-13-22(17)15-19(21)11-3-1-4-12-19/h7-10,17H,1-6,11-15H2. The molecule has 0 aromatic heterocycles. The maximum atomic E-state index is 15.1. The van der Waals surface area contributed by atoms with E-state index in [-0.39, 0.29) is 0 Å². The molecule has 2 nitrogen and oxygen atoms in total. The van der Waals surface area contributed by atoms with Crippen LogP contribution in [0.3, 0.4) is 0 Å². The van der Waals surface area contributed by atoms with E-state index in [9.17, 15) is 0 Å². The summed E-state index contributed by atoms with van der Waals surface area (Å²) in [5.74, 6) is 0.895. The number of halogens is 2. The van der Waals surface area contributed by atoms with E-state index in [0.717, 1.165) is 48.9 Å². The zero-order valence-electron chi connectivity index (χ0n) is 13.8. The molecule has 0 amide bonds. The average molecular weight is 384 g/mol. The molecule has 2 aliphatic rings. The van der Waals surface area contributed by atoms with Crippen LogP contribution in [-0.2, 0) is 0 Å². The number of hydrogen-bond acceptors (Lipinski definition) is 2. The van der Waals surface area contributed by atoms with Crippen LogP contribution in [0.1, 0.15) is 51.4 Å². The second-order valence-corrected chi connectivity index (χ2v) is 8.01. The first-order chi connectivity index (χ1) is 11.1. The SMILES string of the molecule is FC1(CN2CCCCC2COc2ccc(Br)cc2)CCCCC1. The molecule has 1 aliphatic heterocycles. The van der Waals surface area contributed by atoms with Gasteiger partial charge in [-0.2, -0.15) is 0 Å². The fourth-order valence-corrected chi connectivity index (χ4v) is 4.15. The van der Waals surface area contributed by atoms with Gasteiger partial charge < -0.3 is 4.74 Å². The van der Waals surface area contributed by atoms with Crippen LogP contribution in [0, 0.1) is 0 Å². The molecule has 2 fully saturated rings. The lowest BCUT2D eigenvalue weighted by molar-refractivity contribution is 0.0118. The van der Waals surface area contributed by atoms with Crippen LogP contribution in [0.2, 0.25) is 0 Å². The van der Waals surface area contributed by atoms with Crippen molar-refractivity contribution in [2.75, 3.05) is 19.7 Å². The maximum Gasteiger partial charge on any atom is 0.123 e. The molecule has 0 radical (unpaired) electrons. The van der Waals surface area contributed by atoms with Crippen molar-refractivity contribution < 1.29 is 9.13 Å².